The van der Waals surface area contributed by atoms with Crippen molar-refractivity contribution in [3.05, 3.63) is 104 Å². The molecule has 0 aromatic heterocycles. The Balaban J connectivity index is 0. The van der Waals surface area contributed by atoms with E-state index in [1.165, 1.54) is 24.9 Å². The van der Waals surface area contributed by atoms with Crippen molar-refractivity contribution >= 4 is 0 Å². The van der Waals surface area contributed by atoms with Gasteiger partial charge in [-0.05, 0) is 38.4 Å². The number of nitrogens with zero attached hydrogens (tertiary/aromatic N) is 1. The summed E-state index contributed by atoms with van der Waals surface area (Å²) < 4.78 is 0. The molecule has 1 fully saturated rings. The molecule has 1 aliphatic heterocycles. The van der Waals surface area contributed by atoms with Crippen molar-refractivity contribution in [2.75, 3.05) is 13.6 Å². The van der Waals surface area contributed by atoms with Gasteiger partial charge >= 0.3 is 59.1 Å². The topological polar surface area (TPSA) is 15.3 Å². The minimum atomic E-state index is 0. The smallest absolute Gasteiger partial charge is 0.383 e. The van der Waals surface area contributed by atoms with E-state index in [1.807, 2.05) is 42.5 Å². The standard InChI is InChI=1S/C14H20N2.C7H7.C4H8.2Na/c1-12(14-9-6-10-16(14)2)15-11-13-7-4-3-5-8-13;1-7-5-3-2-4-6-7;1-3-4-2;;/h3-5,7-8,14-15H,1,6,9-11H2,2H3;2-6H,1H2;3H,1,4H2,2H3;;/q;-1;;2*+1. The molecule has 0 amide bonds. The van der Waals surface area contributed by atoms with E-state index in [4.69, 9.17) is 0 Å². The van der Waals surface area contributed by atoms with Crippen molar-refractivity contribution in [1.29, 1.82) is 0 Å². The third-order valence-corrected chi connectivity index (χ3v) is 4.42. The van der Waals surface area contributed by atoms with E-state index in [0.29, 0.717) is 6.04 Å². The maximum Gasteiger partial charge on any atom is 1.00 e. The van der Waals surface area contributed by atoms with Gasteiger partial charge in [0.05, 0.1) is 0 Å². The van der Waals surface area contributed by atoms with Crippen LogP contribution >= 0.6 is 0 Å². The molecule has 146 valence electrons. The molecule has 2 nitrogen and oxygen atoms in total. The second kappa shape index (κ2) is 19.5. The average Bonchev–Trinajstić information content (AvgIpc) is 3.14. The fourth-order valence-corrected chi connectivity index (χ4v) is 2.76. The number of rotatable bonds is 5. The molecule has 1 saturated heterocycles. The van der Waals surface area contributed by atoms with Crippen LogP contribution in [0.15, 0.2) is 85.6 Å². The Morgan fingerprint density at radius 3 is 2.00 bits per heavy atom. The summed E-state index contributed by atoms with van der Waals surface area (Å²) in [6.07, 6.45) is 5.48. The summed E-state index contributed by atoms with van der Waals surface area (Å²) >= 11 is 0. The first kappa shape index (κ1) is 30.7. The summed E-state index contributed by atoms with van der Waals surface area (Å²) in [6, 6.07) is 20.9. The van der Waals surface area contributed by atoms with Crippen LogP contribution in [0.3, 0.4) is 0 Å². The summed E-state index contributed by atoms with van der Waals surface area (Å²) in [7, 11) is 2.17. The molecule has 0 aliphatic carbocycles. The Labute approximate surface area is 223 Å². The Morgan fingerprint density at radius 2 is 1.62 bits per heavy atom. The van der Waals surface area contributed by atoms with E-state index < -0.39 is 0 Å². The molecule has 2 aromatic carbocycles. The maximum atomic E-state index is 4.15. The largest absolute Gasteiger partial charge is 1.00 e. The quantitative estimate of drug-likeness (QED) is 0.420. The van der Waals surface area contributed by atoms with Gasteiger partial charge in [0.25, 0.3) is 0 Å². The summed E-state index contributed by atoms with van der Waals surface area (Å²) in [5, 5.41) is 3.44. The normalized spacial score (nSPS) is 14.5. The van der Waals surface area contributed by atoms with Crippen LogP contribution < -0.4 is 64.4 Å². The van der Waals surface area contributed by atoms with Gasteiger partial charge in [0.15, 0.2) is 0 Å². The minimum absolute atomic E-state index is 0. The van der Waals surface area contributed by atoms with Gasteiger partial charge in [0.2, 0.25) is 0 Å². The van der Waals surface area contributed by atoms with Gasteiger partial charge in [-0.25, -0.2) is 0 Å². The molecule has 1 N–H and O–H groups in total. The summed E-state index contributed by atoms with van der Waals surface area (Å²) in [6.45, 7) is 15.5. The van der Waals surface area contributed by atoms with Gasteiger partial charge in [0.1, 0.15) is 0 Å². The second-order valence-corrected chi connectivity index (χ2v) is 6.69. The number of hydrogen-bond donors (Lipinski definition) is 1. The fraction of sp³-hybridized carbons (Fsp3) is 0.320. The molecular formula is C25H35N2Na2+. The first-order valence-electron chi connectivity index (χ1n) is 9.73. The fourth-order valence-electron chi connectivity index (χ4n) is 2.76. The van der Waals surface area contributed by atoms with Gasteiger partial charge in [-0.3, -0.25) is 4.90 Å². The molecule has 0 bridgehead atoms. The third kappa shape index (κ3) is 14.2. The van der Waals surface area contributed by atoms with Crippen LogP contribution in [0.5, 0.6) is 0 Å². The van der Waals surface area contributed by atoms with Crippen LogP contribution in [0.4, 0.5) is 0 Å². The van der Waals surface area contributed by atoms with Crippen LogP contribution in [0.25, 0.3) is 0 Å². The van der Waals surface area contributed by atoms with E-state index in [1.54, 1.807) is 0 Å². The van der Waals surface area contributed by atoms with E-state index >= 15 is 0 Å². The van der Waals surface area contributed by atoms with Gasteiger partial charge in [-0.2, -0.15) is 24.6 Å². The first-order chi connectivity index (χ1) is 13.1. The Hall–Kier alpha value is -0.450. The molecule has 0 spiro atoms. The van der Waals surface area contributed by atoms with Crippen molar-refractivity contribution in [2.24, 2.45) is 0 Å². The number of hydrogen-bond acceptors (Lipinski definition) is 2. The van der Waals surface area contributed by atoms with Crippen LogP contribution in [0.1, 0.15) is 37.3 Å². The van der Waals surface area contributed by atoms with E-state index in [0.717, 1.165) is 24.2 Å². The number of benzene rings is 2. The van der Waals surface area contributed by atoms with Crippen molar-refractivity contribution in [1.82, 2.24) is 10.2 Å². The van der Waals surface area contributed by atoms with Crippen molar-refractivity contribution < 1.29 is 59.1 Å². The molecule has 1 heterocycles. The summed E-state index contributed by atoms with van der Waals surface area (Å²) in [5.41, 5.74) is 3.54. The molecular weight excluding hydrogens is 374 g/mol. The van der Waals surface area contributed by atoms with Crippen LogP contribution in [0.2, 0.25) is 0 Å². The second-order valence-electron chi connectivity index (χ2n) is 6.69. The Morgan fingerprint density at radius 1 is 1.10 bits per heavy atom. The van der Waals surface area contributed by atoms with E-state index in [-0.39, 0.29) is 59.1 Å². The SMILES string of the molecule is C=C(NCc1ccccc1)C1CCCN1C.C=CCC.[CH2-]c1ccccc1.[Na+].[Na+]. The molecule has 4 heteroatoms. The van der Waals surface area contributed by atoms with Crippen LogP contribution in [0, 0.1) is 6.92 Å². The predicted octanol–water partition coefficient (Wildman–Crippen LogP) is -0.157. The van der Waals surface area contributed by atoms with Crippen molar-refractivity contribution in [3.63, 3.8) is 0 Å². The molecule has 1 unspecified atom stereocenters. The zero-order chi connectivity index (χ0) is 19.9. The number of likely N-dealkylation sites (N-methyl/N-ethyl adjacent to an activating group) is 1. The maximum absolute atomic E-state index is 4.15. The van der Waals surface area contributed by atoms with E-state index in [2.05, 4.69) is 68.5 Å². The van der Waals surface area contributed by atoms with E-state index in [9.17, 15) is 0 Å². The Bertz CT molecular complexity index is 644. The van der Waals surface area contributed by atoms with Crippen molar-refractivity contribution in [2.45, 2.75) is 38.8 Å². The Kier molecular flexibility index (Phi) is 20.7. The third-order valence-electron chi connectivity index (χ3n) is 4.42. The molecule has 3 rings (SSSR count). The number of allylic oxidation sites excluding steroid dienone is 1. The molecule has 0 radical (unpaired) electrons. The molecule has 2 aromatic rings. The van der Waals surface area contributed by atoms with Crippen LogP contribution in [-0.4, -0.2) is 24.5 Å². The zero-order valence-corrected chi connectivity index (χ0v) is 23.0. The zero-order valence-electron chi connectivity index (χ0n) is 19.0. The minimum Gasteiger partial charge on any atom is -0.383 e. The first-order valence-corrected chi connectivity index (χ1v) is 9.73. The summed E-state index contributed by atoms with van der Waals surface area (Å²) in [5.74, 6) is 0. The molecule has 0 saturated carbocycles. The average molecular weight is 410 g/mol. The van der Waals surface area contributed by atoms with Gasteiger partial charge in [-0.1, -0.05) is 56.0 Å². The molecule has 29 heavy (non-hydrogen) atoms. The van der Waals surface area contributed by atoms with Gasteiger partial charge < -0.3 is 5.32 Å². The summed E-state index contributed by atoms with van der Waals surface area (Å²) in [4.78, 5) is 2.38. The van der Waals surface area contributed by atoms with Crippen molar-refractivity contribution in [3.8, 4) is 0 Å². The predicted molar refractivity (Wildman–Crippen MR) is 119 cm³/mol. The molecule has 1 aliphatic rings. The molecule has 1 atom stereocenters. The van der Waals surface area contributed by atoms with Gasteiger partial charge in [-0.15, -0.1) is 18.7 Å². The number of likely N-dealkylation sites (tertiary alicyclic amines) is 1. The van der Waals surface area contributed by atoms with Crippen LogP contribution in [-0.2, 0) is 6.54 Å². The van der Waals surface area contributed by atoms with Gasteiger partial charge in [0, 0.05) is 18.3 Å². The number of nitrogens with one attached hydrogen (secondary N) is 1. The monoisotopic (exact) mass is 409 g/mol.